The van der Waals surface area contributed by atoms with E-state index < -0.39 is 4.92 Å². The first-order valence-corrected chi connectivity index (χ1v) is 6.27. The van der Waals surface area contributed by atoms with E-state index in [1.165, 1.54) is 12.1 Å². The molecule has 1 N–H and O–H groups in total. The first-order chi connectivity index (χ1) is 8.52. The van der Waals surface area contributed by atoms with Gasteiger partial charge in [-0.3, -0.25) is 10.1 Å². The monoisotopic (exact) mass is 314 g/mol. The molecule has 98 valence electrons. The maximum absolute atomic E-state index is 10.7. The summed E-state index contributed by atoms with van der Waals surface area (Å²) in [5.74, 6) is 0.453. The van der Waals surface area contributed by atoms with Crippen LogP contribution < -0.4 is 10.1 Å². The second-order valence-electron chi connectivity index (χ2n) is 3.72. The molecule has 1 aromatic carbocycles. The van der Waals surface area contributed by atoms with E-state index in [0.717, 1.165) is 12.1 Å². The molecule has 6 heteroatoms. The van der Waals surface area contributed by atoms with Crippen LogP contribution in [0.15, 0.2) is 34.8 Å². The Morgan fingerprint density at radius 1 is 1.56 bits per heavy atom. The van der Waals surface area contributed by atoms with E-state index in [9.17, 15) is 10.1 Å². The van der Waals surface area contributed by atoms with Crippen LogP contribution in [-0.2, 0) is 0 Å². The molecule has 0 aromatic heterocycles. The summed E-state index contributed by atoms with van der Waals surface area (Å²) in [5.41, 5.74) is 0.885. The van der Waals surface area contributed by atoms with Crippen molar-refractivity contribution in [3.05, 3.63) is 44.9 Å². The molecule has 0 saturated heterocycles. The number of nitro benzene ring substituents is 1. The normalized spacial score (nSPS) is 10.1. The zero-order valence-corrected chi connectivity index (χ0v) is 11.7. The van der Waals surface area contributed by atoms with Crippen molar-refractivity contribution in [2.24, 2.45) is 0 Å². The number of halogens is 1. The Kier molecular flexibility index (Phi) is 5.80. The fraction of sp³-hybridized carbons (Fsp3) is 0.333. The molecule has 5 nitrogen and oxygen atoms in total. The van der Waals surface area contributed by atoms with Crippen LogP contribution in [0, 0.1) is 10.1 Å². The molecule has 0 radical (unpaired) electrons. The zero-order chi connectivity index (χ0) is 13.5. The van der Waals surface area contributed by atoms with E-state index in [1.54, 1.807) is 6.07 Å². The van der Waals surface area contributed by atoms with Gasteiger partial charge in [-0.1, -0.05) is 29.4 Å². The van der Waals surface area contributed by atoms with Crippen LogP contribution in [-0.4, -0.2) is 24.6 Å². The molecule has 0 spiro atoms. The number of nitrogens with one attached hydrogen (secondary N) is 1. The predicted molar refractivity (Wildman–Crippen MR) is 74.0 cm³/mol. The number of rotatable bonds is 7. The van der Waals surface area contributed by atoms with Gasteiger partial charge in [0, 0.05) is 17.1 Å². The molecule has 0 atom stereocenters. The highest BCUT2D eigenvalue weighted by atomic mass is 79.9. The van der Waals surface area contributed by atoms with Gasteiger partial charge < -0.3 is 10.1 Å². The Hall–Kier alpha value is -1.40. The zero-order valence-electron chi connectivity index (χ0n) is 10.1. The van der Waals surface area contributed by atoms with Gasteiger partial charge in [0.15, 0.2) is 0 Å². The van der Waals surface area contributed by atoms with Crippen LogP contribution in [0.25, 0.3) is 0 Å². The number of hydrogen-bond acceptors (Lipinski definition) is 4. The predicted octanol–water partition coefficient (Wildman–Crippen LogP) is 2.90. The molecule has 1 rings (SSSR count). The van der Waals surface area contributed by atoms with E-state index in [-0.39, 0.29) is 5.69 Å². The number of benzene rings is 1. The van der Waals surface area contributed by atoms with Crippen molar-refractivity contribution >= 4 is 21.6 Å². The van der Waals surface area contributed by atoms with Crippen LogP contribution in [0.1, 0.15) is 6.92 Å². The number of hydrogen-bond donors (Lipinski definition) is 1. The molecule has 18 heavy (non-hydrogen) atoms. The van der Waals surface area contributed by atoms with E-state index in [4.69, 9.17) is 4.74 Å². The number of non-ortho nitro benzene ring substituents is 1. The Labute approximate surface area is 114 Å². The third-order valence-corrected chi connectivity index (χ3v) is 2.59. The average molecular weight is 315 g/mol. The minimum absolute atomic E-state index is 0.00308. The third kappa shape index (κ3) is 4.85. The molecule has 0 fully saturated rings. The molecule has 0 unspecified atom stereocenters. The Balaban J connectivity index is 2.62. The van der Waals surface area contributed by atoms with Crippen LogP contribution in [0.2, 0.25) is 0 Å². The summed E-state index contributed by atoms with van der Waals surface area (Å²) >= 11 is 3.21. The van der Waals surface area contributed by atoms with Gasteiger partial charge in [-0.15, -0.1) is 0 Å². The number of nitrogens with zero attached hydrogens (tertiary/aromatic N) is 1. The Bertz CT molecular complexity index is 449. The lowest BCUT2D eigenvalue weighted by molar-refractivity contribution is -0.385. The number of nitro groups is 1. The molecule has 0 amide bonds. The van der Waals surface area contributed by atoms with Gasteiger partial charge in [-0.2, -0.15) is 0 Å². The van der Waals surface area contributed by atoms with Crippen molar-refractivity contribution in [3.63, 3.8) is 0 Å². The molecule has 0 saturated carbocycles. The van der Waals surface area contributed by atoms with Gasteiger partial charge >= 0.3 is 0 Å². The second-order valence-corrected chi connectivity index (χ2v) is 4.64. The van der Waals surface area contributed by atoms with Crippen molar-refractivity contribution in [3.8, 4) is 5.75 Å². The summed E-state index contributed by atoms with van der Waals surface area (Å²) in [4.78, 5) is 10.2. The molecule has 0 aliphatic rings. The second kappa shape index (κ2) is 7.13. The number of ether oxygens (including phenoxy) is 1. The first-order valence-electron chi connectivity index (χ1n) is 5.48. The molecule has 0 heterocycles. The molecular formula is C12H15BrN2O3. The average Bonchev–Trinajstić information content (AvgIpc) is 2.33. The van der Waals surface area contributed by atoms with Gasteiger partial charge in [-0.25, -0.2) is 0 Å². The van der Waals surface area contributed by atoms with Gasteiger partial charge in [0.25, 0.3) is 5.69 Å². The fourth-order valence-electron chi connectivity index (χ4n) is 1.27. The van der Waals surface area contributed by atoms with E-state index in [1.807, 2.05) is 6.92 Å². The van der Waals surface area contributed by atoms with Crippen molar-refractivity contribution in [1.29, 1.82) is 0 Å². The minimum Gasteiger partial charge on any atom is -0.489 e. The van der Waals surface area contributed by atoms with Crippen molar-refractivity contribution in [2.75, 3.05) is 19.7 Å². The summed E-state index contributed by atoms with van der Waals surface area (Å²) in [7, 11) is 0. The highest BCUT2D eigenvalue weighted by Crippen LogP contribution is 2.26. The van der Waals surface area contributed by atoms with E-state index in [2.05, 4.69) is 27.8 Å². The molecule has 0 aliphatic carbocycles. The smallest absolute Gasteiger partial charge is 0.274 e. The minimum atomic E-state index is -0.453. The third-order valence-electron chi connectivity index (χ3n) is 2.13. The maximum Gasteiger partial charge on any atom is 0.274 e. The summed E-state index contributed by atoms with van der Waals surface area (Å²) in [5, 5.41) is 13.8. The van der Waals surface area contributed by atoms with Crippen LogP contribution in [0.4, 0.5) is 5.69 Å². The molecule has 0 bridgehead atoms. The lowest BCUT2D eigenvalue weighted by Crippen LogP contribution is -2.18. The largest absolute Gasteiger partial charge is 0.489 e. The van der Waals surface area contributed by atoms with Gasteiger partial charge in [-0.05, 0) is 18.2 Å². The van der Waals surface area contributed by atoms with Crippen LogP contribution in [0.3, 0.4) is 0 Å². The standard InChI is InChI=1S/C12H15BrN2O3/c1-3-14-7-9(2)8-18-12-5-10(13)4-11(6-12)15(16)17/h4-6,14H,2-3,7-8H2,1H3. The fourth-order valence-corrected chi connectivity index (χ4v) is 1.74. The van der Waals surface area contributed by atoms with Crippen molar-refractivity contribution in [2.45, 2.75) is 6.92 Å². The van der Waals surface area contributed by atoms with Crippen molar-refractivity contribution < 1.29 is 9.66 Å². The highest BCUT2D eigenvalue weighted by molar-refractivity contribution is 9.10. The number of likely N-dealkylation sites (N-methyl/N-ethyl adjacent to an activating group) is 1. The summed E-state index contributed by atoms with van der Waals surface area (Å²) in [6, 6.07) is 4.51. The molecular weight excluding hydrogens is 300 g/mol. The molecule has 0 aliphatic heterocycles. The van der Waals surface area contributed by atoms with E-state index in [0.29, 0.717) is 23.4 Å². The lowest BCUT2D eigenvalue weighted by atomic mass is 10.3. The SMILES string of the molecule is C=C(CNCC)COc1cc(Br)cc([N+](=O)[O-])c1. The lowest BCUT2D eigenvalue weighted by Gasteiger charge is -2.09. The van der Waals surface area contributed by atoms with Crippen LogP contribution in [0.5, 0.6) is 5.75 Å². The van der Waals surface area contributed by atoms with Gasteiger partial charge in [0.05, 0.1) is 11.0 Å². The van der Waals surface area contributed by atoms with Gasteiger partial charge in [0.1, 0.15) is 12.4 Å². The topological polar surface area (TPSA) is 64.4 Å². The van der Waals surface area contributed by atoms with Gasteiger partial charge in [0.2, 0.25) is 0 Å². The summed E-state index contributed by atoms with van der Waals surface area (Å²) in [6.07, 6.45) is 0. The first kappa shape index (κ1) is 14.7. The Morgan fingerprint density at radius 3 is 2.89 bits per heavy atom. The summed E-state index contributed by atoms with van der Waals surface area (Å²) in [6.45, 7) is 7.73. The van der Waals surface area contributed by atoms with E-state index >= 15 is 0 Å². The maximum atomic E-state index is 10.7. The summed E-state index contributed by atoms with van der Waals surface area (Å²) < 4.78 is 6.08. The Morgan fingerprint density at radius 2 is 2.28 bits per heavy atom. The highest BCUT2D eigenvalue weighted by Gasteiger charge is 2.09. The quantitative estimate of drug-likeness (QED) is 0.477. The van der Waals surface area contributed by atoms with Crippen LogP contribution >= 0.6 is 15.9 Å². The van der Waals surface area contributed by atoms with Crippen molar-refractivity contribution in [1.82, 2.24) is 5.32 Å². The molecule has 1 aromatic rings.